The van der Waals surface area contributed by atoms with Gasteiger partial charge < -0.3 is 8.23 Å². The summed E-state index contributed by atoms with van der Waals surface area (Å²) in [4.78, 5) is 0. The maximum Gasteiger partial charge on any atom is 0.359 e. The van der Waals surface area contributed by atoms with Gasteiger partial charge >= 0.3 is 9.28 Å². The molecule has 0 rings (SSSR count). The van der Waals surface area contributed by atoms with Crippen LogP contribution < -0.4 is 0 Å². The van der Waals surface area contributed by atoms with E-state index in [1.54, 1.807) is 0 Å². The number of hydrogen-bond donors (Lipinski definition) is 0. The molecule has 0 heterocycles. The lowest BCUT2D eigenvalue weighted by Gasteiger charge is -2.22. The predicted octanol–water partition coefficient (Wildman–Crippen LogP) is 2.22. The van der Waals surface area contributed by atoms with Crippen molar-refractivity contribution >= 4 is 26.6 Å². The quantitative estimate of drug-likeness (QED) is 0.657. The summed E-state index contributed by atoms with van der Waals surface area (Å²) in [5.74, 6) is 0. The van der Waals surface area contributed by atoms with Gasteiger partial charge in [-0.15, -0.1) is 0 Å². The van der Waals surface area contributed by atoms with Crippen LogP contribution in [0.5, 0.6) is 0 Å². The molecular weight excluding hydrogens is 188 g/mol. The Hall–Kier alpha value is 0.571. The Morgan fingerprint density at radius 3 is 1.73 bits per heavy atom. The smallest absolute Gasteiger partial charge is 0.359 e. The van der Waals surface area contributed by atoms with Crippen molar-refractivity contribution in [2.75, 3.05) is 0 Å². The largest absolute Gasteiger partial charge is 0.436 e. The van der Waals surface area contributed by atoms with Gasteiger partial charge in [-0.05, 0) is 39.3 Å². The van der Waals surface area contributed by atoms with Crippen molar-refractivity contribution in [2.45, 2.75) is 39.3 Å². The molecule has 2 radical (unpaired) electrons. The van der Waals surface area contributed by atoms with E-state index < -0.39 is 26.6 Å². The Balaban J connectivity index is 3.61. The van der Waals surface area contributed by atoms with Gasteiger partial charge in [0.25, 0.3) is 0 Å². The van der Waals surface area contributed by atoms with Gasteiger partial charge in [0.15, 0.2) is 17.4 Å². The molecule has 0 amide bonds. The molecule has 0 aromatic heterocycles. The maximum atomic E-state index is 5.79. The summed E-state index contributed by atoms with van der Waals surface area (Å²) in [5, 5.41) is 0. The van der Waals surface area contributed by atoms with Gasteiger partial charge in [0, 0.05) is 0 Å². The SMILES string of the molecule is C[Si](C)O[Si](C)O[Si](C)(C)C. The van der Waals surface area contributed by atoms with Gasteiger partial charge in [0.2, 0.25) is 0 Å². The van der Waals surface area contributed by atoms with Gasteiger partial charge in [0.05, 0.1) is 0 Å². The molecule has 0 aliphatic carbocycles. The van der Waals surface area contributed by atoms with E-state index in [9.17, 15) is 0 Å². The zero-order chi connectivity index (χ0) is 9.07. The molecule has 0 bridgehead atoms. The summed E-state index contributed by atoms with van der Waals surface area (Å²) in [6.07, 6.45) is 0. The van der Waals surface area contributed by atoms with Crippen LogP contribution in [0.1, 0.15) is 0 Å². The van der Waals surface area contributed by atoms with E-state index in [0.29, 0.717) is 0 Å². The van der Waals surface area contributed by atoms with Crippen molar-refractivity contribution in [3.05, 3.63) is 0 Å². The van der Waals surface area contributed by atoms with E-state index in [0.717, 1.165) is 0 Å². The summed E-state index contributed by atoms with van der Waals surface area (Å²) in [6, 6.07) is 0. The van der Waals surface area contributed by atoms with Gasteiger partial charge in [-0.25, -0.2) is 0 Å². The topological polar surface area (TPSA) is 18.5 Å². The highest BCUT2D eigenvalue weighted by Crippen LogP contribution is 2.06. The molecule has 5 heteroatoms. The van der Waals surface area contributed by atoms with Crippen LogP contribution in [0.2, 0.25) is 39.3 Å². The van der Waals surface area contributed by atoms with Crippen molar-refractivity contribution < 1.29 is 8.23 Å². The fourth-order valence-electron chi connectivity index (χ4n) is 0.739. The molecule has 0 fully saturated rings. The first-order valence-electron chi connectivity index (χ1n) is 3.82. The highest BCUT2D eigenvalue weighted by molar-refractivity contribution is 6.77. The molecule has 0 aliphatic rings. The third kappa shape index (κ3) is 8.48. The van der Waals surface area contributed by atoms with Crippen LogP contribution in [0, 0.1) is 0 Å². The Morgan fingerprint density at radius 1 is 1.00 bits per heavy atom. The molecular formula is C6H18O2Si3. The molecule has 2 nitrogen and oxygen atoms in total. The van der Waals surface area contributed by atoms with Crippen molar-refractivity contribution in [1.82, 2.24) is 0 Å². The van der Waals surface area contributed by atoms with Crippen LogP contribution >= 0.6 is 0 Å². The highest BCUT2D eigenvalue weighted by Gasteiger charge is 2.21. The molecule has 0 saturated heterocycles. The third-order valence-electron chi connectivity index (χ3n) is 0.798. The summed E-state index contributed by atoms with van der Waals surface area (Å²) in [5.41, 5.74) is 0. The summed E-state index contributed by atoms with van der Waals surface area (Å²) in [7, 11) is -2.85. The first-order chi connectivity index (χ1) is 4.81. The predicted molar refractivity (Wildman–Crippen MR) is 54.6 cm³/mol. The monoisotopic (exact) mass is 206 g/mol. The van der Waals surface area contributed by atoms with E-state index in [4.69, 9.17) is 8.23 Å². The van der Waals surface area contributed by atoms with E-state index >= 15 is 0 Å². The zero-order valence-corrected chi connectivity index (χ0v) is 11.3. The first-order valence-corrected chi connectivity index (χ1v) is 11.4. The second-order valence-electron chi connectivity index (χ2n) is 3.72. The minimum absolute atomic E-state index is 0.563. The molecule has 0 saturated carbocycles. The van der Waals surface area contributed by atoms with Crippen LogP contribution in [-0.4, -0.2) is 26.6 Å². The Morgan fingerprint density at radius 2 is 1.45 bits per heavy atom. The van der Waals surface area contributed by atoms with Gasteiger partial charge in [-0.3, -0.25) is 0 Å². The molecule has 0 unspecified atom stereocenters. The van der Waals surface area contributed by atoms with Crippen molar-refractivity contribution in [3.8, 4) is 0 Å². The molecule has 0 aromatic carbocycles. The normalized spacial score (nSPS) is 13.1. The second kappa shape index (κ2) is 4.56. The van der Waals surface area contributed by atoms with Crippen LogP contribution in [-0.2, 0) is 8.23 Å². The zero-order valence-electron chi connectivity index (χ0n) is 8.32. The second-order valence-corrected chi connectivity index (χ2v) is 12.4. The molecule has 11 heavy (non-hydrogen) atoms. The lowest BCUT2D eigenvalue weighted by Crippen LogP contribution is -2.37. The van der Waals surface area contributed by atoms with Crippen molar-refractivity contribution in [3.63, 3.8) is 0 Å². The molecule has 0 aromatic rings. The lowest BCUT2D eigenvalue weighted by atomic mass is 11.8. The van der Waals surface area contributed by atoms with Crippen LogP contribution in [0.4, 0.5) is 0 Å². The van der Waals surface area contributed by atoms with Crippen molar-refractivity contribution in [1.29, 1.82) is 0 Å². The molecule has 0 N–H and O–H groups in total. The van der Waals surface area contributed by atoms with Crippen LogP contribution in [0.3, 0.4) is 0 Å². The van der Waals surface area contributed by atoms with Gasteiger partial charge in [0.1, 0.15) is 0 Å². The van der Waals surface area contributed by atoms with Crippen LogP contribution in [0.15, 0.2) is 0 Å². The Labute approximate surface area is 74.6 Å². The van der Waals surface area contributed by atoms with E-state index in [1.807, 2.05) is 0 Å². The number of hydrogen-bond acceptors (Lipinski definition) is 2. The van der Waals surface area contributed by atoms with Gasteiger partial charge in [-0.1, -0.05) is 0 Å². The third-order valence-corrected chi connectivity index (χ3v) is 7.18. The molecule has 0 aliphatic heterocycles. The van der Waals surface area contributed by atoms with Crippen molar-refractivity contribution in [2.24, 2.45) is 0 Å². The average molecular weight is 206 g/mol. The van der Waals surface area contributed by atoms with E-state index in [2.05, 4.69) is 39.3 Å². The fourth-order valence-corrected chi connectivity index (χ4v) is 7.03. The number of rotatable bonds is 4. The molecule has 0 atom stereocenters. The fraction of sp³-hybridized carbons (Fsp3) is 1.00. The summed E-state index contributed by atoms with van der Waals surface area (Å²) < 4.78 is 11.4. The van der Waals surface area contributed by atoms with E-state index in [-0.39, 0.29) is 0 Å². The molecule has 0 spiro atoms. The minimum atomic E-state index is -1.35. The maximum absolute atomic E-state index is 5.79. The minimum Gasteiger partial charge on any atom is -0.436 e. The summed E-state index contributed by atoms with van der Waals surface area (Å²) in [6.45, 7) is 13.0. The highest BCUT2D eigenvalue weighted by atomic mass is 28.4. The summed E-state index contributed by atoms with van der Waals surface area (Å²) >= 11 is 0. The van der Waals surface area contributed by atoms with E-state index in [1.165, 1.54) is 0 Å². The van der Waals surface area contributed by atoms with Crippen LogP contribution in [0.25, 0.3) is 0 Å². The average Bonchev–Trinajstić information content (AvgIpc) is 1.53. The first kappa shape index (κ1) is 11.6. The lowest BCUT2D eigenvalue weighted by molar-refractivity contribution is 0.438. The standard InChI is InChI=1S/C6H18O2Si3/c1-9(2)7-10(3)8-11(4,5)6/h1-6H3. The van der Waals surface area contributed by atoms with Gasteiger partial charge in [-0.2, -0.15) is 0 Å². The Kier molecular flexibility index (Phi) is 4.80. The Bertz CT molecular complexity index is 111. The molecule has 66 valence electrons.